The first-order valence-electron chi connectivity index (χ1n) is 7.88. The van der Waals surface area contributed by atoms with Gasteiger partial charge in [-0.25, -0.2) is 4.79 Å². The normalized spacial score (nSPS) is 21.7. The molecule has 6 nitrogen and oxygen atoms in total. The molecular weight excluding hydrogens is 304 g/mol. The second kappa shape index (κ2) is 7.86. The van der Waals surface area contributed by atoms with Gasteiger partial charge in [-0.2, -0.15) is 0 Å². The number of carbonyl (C=O) groups is 1. The van der Waals surface area contributed by atoms with Gasteiger partial charge in [0.2, 0.25) is 0 Å². The maximum atomic E-state index is 12.8. The monoisotopic (exact) mass is 334 g/mol. The maximum Gasteiger partial charge on any atom is 0.407 e. The Balaban J connectivity index is 2.76. The average Bonchev–Trinajstić information content (AvgIpc) is 2.42. The van der Waals surface area contributed by atoms with Crippen LogP contribution in [0.5, 0.6) is 0 Å². The number of aliphatic hydroxyl groups is 1. The molecule has 0 aliphatic carbocycles. The maximum absolute atomic E-state index is 12.8. The van der Waals surface area contributed by atoms with Crippen molar-refractivity contribution in [2.75, 3.05) is 19.6 Å². The third kappa shape index (κ3) is 5.30. The van der Waals surface area contributed by atoms with Gasteiger partial charge in [-0.05, 0) is 53.4 Å². The van der Waals surface area contributed by atoms with E-state index in [1.807, 2.05) is 32.0 Å². The van der Waals surface area contributed by atoms with Crippen LogP contribution in [0.1, 0.15) is 47.5 Å². The molecule has 0 aromatic carbocycles. The first-order chi connectivity index (χ1) is 10.0. The number of aliphatic hydroxyl groups excluding tert-OH is 1. The molecule has 1 aliphatic rings. The quantitative estimate of drug-likeness (QED) is 0.750. The van der Waals surface area contributed by atoms with Crippen LogP contribution in [0.25, 0.3) is 0 Å². The van der Waals surface area contributed by atoms with Crippen LogP contribution in [0.4, 0.5) is 4.79 Å². The standard InChI is InChI=1S/C15H30N2O4S/c1-11(18)10-17(22(21)15(3,4)5)12(2)13-6-8-16(9-7-13)14(19)20/h11-13,18H,6-10H2,1-5H3,(H,19,20)/t11?,12-,22-/m0/s1. The molecule has 1 fully saturated rings. The summed E-state index contributed by atoms with van der Waals surface area (Å²) in [5, 5.41) is 18.8. The molecule has 1 rings (SSSR count). The Morgan fingerprint density at radius 2 is 1.86 bits per heavy atom. The largest absolute Gasteiger partial charge is 0.597 e. The molecule has 0 spiro atoms. The number of hydrogen-bond acceptors (Lipinski definition) is 4. The molecule has 22 heavy (non-hydrogen) atoms. The van der Waals surface area contributed by atoms with Gasteiger partial charge in [0.05, 0.1) is 18.7 Å². The minimum atomic E-state index is -1.20. The highest BCUT2D eigenvalue weighted by atomic mass is 32.2. The van der Waals surface area contributed by atoms with Crippen molar-refractivity contribution < 1.29 is 19.6 Å². The van der Waals surface area contributed by atoms with Gasteiger partial charge in [-0.3, -0.25) is 0 Å². The van der Waals surface area contributed by atoms with Crippen molar-refractivity contribution in [2.45, 2.75) is 64.4 Å². The van der Waals surface area contributed by atoms with E-state index in [-0.39, 0.29) is 10.8 Å². The number of rotatable bonds is 5. The minimum absolute atomic E-state index is 0.0469. The molecule has 1 amide bonds. The fourth-order valence-corrected chi connectivity index (χ4v) is 4.33. The van der Waals surface area contributed by atoms with Crippen molar-refractivity contribution in [2.24, 2.45) is 5.92 Å². The van der Waals surface area contributed by atoms with E-state index in [1.54, 1.807) is 6.92 Å². The topological polar surface area (TPSA) is 87.1 Å². The molecule has 0 bridgehead atoms. The summed E-state index contributed by atoms with van der Waals surface area (Å²) in [6.07, 6.45) is 0.119. The van der Waals surface area contributed by atoms with Gasteiger partial charge in [0, 0.05) is 24.5 Å². The first kappa shape index (κ1) is 19.5. The molecule has 0 saturated carbocycles. The predicted molar refractivity (Wildman–Crippen MR) is 88.1 cm³/mol. The molecule has 3 atom stereocenters. The Bertz CT molecular complexity index is 365. The van der Waals surface area contributed by atoms with Crippen LogP contribution in [0.3, 0.4) is 0 Å². The van der Waals surface area contributed by atoms with Crippen molar-refractivity contribution in [1.29, 1.82) is 0 Å². The summed E-state index contributed by atoms with van der Waals surface area (Å²) in [5.74, 6) is 0.292. The fourth-order valence-electron chi connectivity index (χ4n) is 2.81. The van der Waals surface area contributed by atoms with E-state index < -0.39 is 23.6 Å². The summed E-state index contributed by atoms with van der Waals surface area (Å²) in [7, 11) is 0. The van der Waals surface area contributed by atoms with E-state index >= 15 is 0 Å². The molecule has 1 saturated heterocycles. The van der Waals surface area contributed by atoms with Crippen molar-refractivity contribution in [3.63, 3.8) is 0 Å². The van der Waals surface area contributed by atoms with Crippen LogP contribution in [0.15, 0.2) is 0 Å². The molecule has 1 heterocycles. The Hall–Kier alpha value is -0.500. The zero-order valence-corrected chi connectivity index (χ0v) is 15.1. The van der Waals surface area contributed by atoms with Gasteiger partial charge >= 0.3 is 6.09 Å². The Morgan fingerprint density at radius 1 is 1.36 bits per heavy atom. The molecule has 0 aromatic heterocycles. The van der Waals surface area contributed by atoms with Crippen molar-refractivity contribution in [3.05, 3.63) is 0 Å². The third-order valence-corrected chi connectivity index (χ3v) is 6.08. The third-order valence-electron chi connectivity index (χ3n) is 4.13. The summed E-state index contributed by atoms with van der Waals surface area (Å²) in [5.41, 5.74) is 0. The Labute approximate surface area is 136 Å². The molecule has 1 aliphatic heterocycles. The lowest BCUT2D eigenvalue weighted by molar-refractivity contribution is 0.0946. The van der Waals surface area contributed by atoms with E-state index in [2.05, 4.69) is 0 Å². The van der Waals surface area contributed by atoms with E-state index in [0.29, 0.717) is 25.6 Å². The van der Waals surface area contributed by atoms with Crippen LogP contribution in [0, 0.1) is 5.92 Å². The van der Waals surface area contributed by atoms with E-state index in [1.165, 1.54) is 4.90 Å². The lowest BCUT2D eigenvalue weighted by Gasteiger charge is -2.41. The zero-order valence-electron chi connectivity index (χ0n) is 14.3. The molecular formula is C15H30N2O4S. The van der Waals surface area contributed by atoms with Gasteiger partial charge in [0.1, 0.15) is 4.75 Å². The van der Waals surface area contributed by atoms with Gasteiger partial charge in [0.25, 0.3) is 0 Å². The summed E-state index contributed by atoms with van der Waals surface area (Å²) >= 11 is -1.20. The highest BCUT2D eigenvalue weighted by Gasteiger charge is 2.40. The summed E-state index contributed by atoms with van der Waals surface area (Å²) in [4.78, 5) is 12.4. The number of carboxylic acid groups (broad SMARTS) is 1. The highest BCUT2D eigenvalue weighted by Crippen LogP contribution is 2.30. The summed E-state index contributed by atoms with van der Waals surface area (Å²) in [6.45, 7) is 10.9. The number of hydrogen-bond donors (Lipinski definition) is 2. The van der Waals surface area contributed by atoms with Crippen LogP contribution in [0.2, 0.25) is 0 Å². The lowest BCUT2D eigenvalue weighted by Crippen LogP contribution is -2.53. The van der Waals surface area contributed by atoms with Crippen LogP contribution >= 0.6 is 0 Å². The Morgan fingerprint density at radius 3 is 2.23 bits per heavy atom. The highest BCUT2D eigenvalue weighted by molar-refractivity contribution is 7.90. The van der Waals surface area contributed by atoms with Gasteiger partial charge in [-0.1, -0.05) is 0 Å². The first-order valence-corrected chi connectivity index (χ1v) is 8.99. The minimum Gasteiger partial charge on any atom is -0.597 e. The van der Waals surface area contributed by atoms with Gasteiger partial charge < -0.3 is 19.7 Å². The van der Waals surface area contributed by atoms with Crippen molar-refractivity contribution in [3.8, 4) is 0 Å². The summed E-state index contributed by atoms with van der Waals surface area (Å²) < 4.78 is 14.3. The molecule has 0 radical (unpaired) electrons. The van der Waals surface area contributed by atoms with Crippen LogP contribution in [-0.2, 0) is 11.4 Å². The van der Waals surface area contributed by atoms with E-state index in [9.17, 15) is 14.5 Å². The number of likely N-dealkylation sites (tertiary alicyclic amines) is 1. The van der Waals surface area contributed by atoms with Crippen LogP contribution < -0.4 is 0 Å². The SMILES string of the molecule is CC(O)CN([C@@H](C)C1CCN(C(=O)O)CC1)[S@@+]([O-])C(C)(C)C. The molecule has 2 N–H and O–H groups in total. The Kier molecular flexibility index (Phi) is 6.98. The van der Waals surface area contributed by atoms with Crippen molar-refractivity contribution in [1.82, 2.24) is 9.21 Å². The molecule has 130 valence electrons. The van der Waals surface area contributed by atoms with E-state index in [4.69, 9.17) is 5.11 Å². The average molecular weight is 334 g/mol. The fraction of sp³-hybridized carbons (Fsp3) is 0.933. The van der Waals surface area contributed by atoms with E-state index in [0.717, 1.165) is 12.8 Å². The predicted octanol–water partition coefficient (Wildman–Crippen LogP) is 1.91. The van der Waals surface area contributed by atoms with Gasteiger partial charge in [0.15, 0.2) is 0 Å². The smallest absolute Gasteiger partial charge is 0.407 e. The van der Waals surface area contributed by atoms with Crippen LogP contribution in [-0.4, -0.2) is 66.6 Å². The number of nitrogens with zero attached hydrogens (tertiary/aromatic N) is 2. The van der Waals surface area contributed by atoms with Crippen molar-refractivity contribution >= 4 is 17.5 Å². The molecule has 1 unspecified atom stereocenters. The number of piperidine rings is 1. The van der Waals surface area contributed by atoms with Gasteiger partial charge in [-0.15, -0.1) is 4.31 Å². The molecule has 7 heteroatoms. The zero-order chi connectivity index (χ0) is 17.1. The summed E-state index contributed by atoms with van der Waals surface area (Å²) in [6, 6.07) is 0.0469. The number of amides is 1. The lowest BCUT2D eigenvalue weighted by atomic mass is 9.90. The second-order valence-electron chi connectivity index (χ2n) is 7.16. The molecule has 0 aromatic rings. The second-order valence-corrected chi connectivity index (χ2v) is 9.35.